The van der Waals surface area contributed by atoms with Gasteiger partial charge in [-0.15, -0.1) is 0 Å². The van der Waals surface area contributed by atoms with E-state index < -0.39 is 97.5 Å². The van der Waals surface area contributed by atoms with E-state index in [1.54, 1.807) is 0 Å². The Morgan fingerprint density at radius 2 is 0.516 bits per heavy atom. The van der Waals surface area contributed by atoms with E-state index in [0.717, 1.165) is 120 Å². The minimum atomic E-state index is -4.96. The molecule has 0 bridgehead atoms. The summed E-state index contributed by atoms with van der Waals surface area (Å²) in [5.41, 5.74) is 0. The molecule has 6 atom stereocenters. The molecular weight excluding hydrogens is 1220 g/mol. The number of aliphatic hydroxyl groups excluding tert-OH is 1. The Hall–Kier alpha value is -1.94. The SMILES string of the molecule is CCC(C)CCCCCCCCC(=O)OC[C@H](COP(=O)(O)OC[C@H](O)COP(=O)(O)OC[C@@H](COC(=O)CCCCCCCCCCCCCC(C)C)OC(=O)CCCCCCCCCCCCCCCCC(C)C)OC(=O)CCCCCCCCCCCC(C)C. The second-order valence-corrected chi connectivity index (χ2v) is 31.3. The van der Waals surface area contributed by atoms with Gasteiger partial charge < -0.3 is 33.8 Å². The summed E-state index contributed by atoms with van der Waals surface area (Å²) in [6.07, 6.45) is 47.2. The van der Waals surface area contributed by atoms with Gasteiger partial charge in [0.15, 0.2) is 12.2 Å². The third-order valence-corrected chi connectivity index (χ3v) is 19.3. The summed E-state index contributed by atoms with van der Waals surface area (Å²) in [6, 6.07) is 0. The van der Waals surface area contributed by atoms with Crippen molar-refractivity contribution >= 4 is 39.5 Å². The molecule has 93 heavy (non-hydrogen) atoms. The van der Waals surface area contributed by atoms with E-state index in [0.29, 0.717) is 25.7 Å². The van der Waals surface area contributed by atoms with Crippen molar-refractivity contribution in [2.75, 3.05) is 39.6 Å². The van der Waals surface area contributed by atoms with Crippen molar-refractivity contribution in [1.29, 1.82) is 0 Å². The van der Waals surface area contributed by atoms with Gasteiger partial charge in [0.1, 0.15) is 19.3 Å². The zero-order valence-corrected chi connectivity index (χ0v) is 62.7. The lowest BCUT2D eigenvalue weighted by molar-refractivity contribution is -0.161. The molecule has 0 fully saturated rings. The highest BCUT2D eigenvalue weighted by molar-refractivity contribution is 7.47. The molecule has 0 spiro atoms. The number of aliphatic hydroxyl groups is 1. The van der Waals surface area contributed by atoms with Crippen LogP contribution in [0.2, 0.25) is 0 Å². The molecule has 0 heterocycles. The number of ether oxygens (including phenoxy) is 4. The standard InChI is InChI=1S/C74H144O17P2/c1-9-67(8)53-45-37-32-33-39-47-55-72(77)85-61-70(91-74(79)57-49-41-31-25-19-22-28-36-44-52-66(6)7)63-89-93(82,83)87-59-68(75)58-86-92(80,81)88-62-69(60-84-71(76)54-46-38-29-23-18-14-16-21-27-35-43-51-65(4)5)90-73(78)56-48-40-30-24-17-13-11-10-12-15-20-26-34-42-50-64(2)3/h64-70,75H,9-63H2,1-8H3,(H,80,81)(H,82,83)/t67?,68-,69-,70-/m1/s1. The molecule has 0 amide bonds. The first kappa shape index (κ1) is 91.1. The predicted octanol–water partition coefficient (Wildman–Crippen LogP) is 21.3. The molecule has 3 N–H and O–H groups in total. The van der Waals surface area contributed by atoms with E-state index in [-0.39, 0.29) is 25.7 Å². The van der Waals surface area contributed by atoms with Crippen LogP contribution in [0.4, 0.5) is 0 Å². The lowest BCUT2D eigenvalue weighted by atomic mass is 10.00. The van der Waals surface area contributed by atoms with Gasteiger partial charge in [0, 0.05) is 25.7 Å². The zero-order chi connectivity index (χ0) is 68.9. The van der Waals surface area contributed by atoms with Gasteiger partial charge in [-0.25, -0.2) is 9.13 Å². The van der Waals surface area contributed by atoms with Gasteiger partial charge in [-0.1, -0.05) is 319 Å². The molecule has 0 radical (unpaired) electrons. The van der Waals surface area contributed by atoms with Crippen LogP contribution in [0, 0.1) is 23.7 Å². The highest BCUT2D eigenvalue weighted by atomic mass is 31.2. The fourth-order valence-electron chi connectivity index (χ4n) is 11.2. The first-order chi connectivity index (χ1) is 44.6. The Morgan fingerprint density at radius 3 is 0.763 bits per heavy atom. The minimum Gasteiger partial charge on any atom is -0.462 e. The maximum atomic E-state index is 13.1. The summed E-state index contributed by atoms with van der Waals surface area (Å²) >= 11 is 0. The van der Waals surface area contributed by atoms with Gasteiger partial charge in [0.2, 0.25) is 0 Å². The largest absolute Gasteiger partial charge is 0.472 e. The smallest absolute Gasteiger partial charge is 0.462 e. The molecule has 0 aliphatic heterocycles. The number of carbonyl (C=O) groups is 4. The van der Waals surface area contributed by atoms with Crippen LogP contribution in [0.5, 0.6) is 0 Å². The fourth-order valence-corrected chi connectivity index (χ4v) is 12.7. The number of phosphoric ester groups is 2. The van der Waals surface area contributed by atoms with Crippen molar-refractivity contribution in [3.63, 3.8) is 0 Å². The van der Waals surface area contributed by atoms with Gasteiger partial charge in [0.05, 0.1) is 26.4 Å². The van der Waals surface area contributed by atoms with E-state index >= 15 is 0 Å². The first-order valence-corrected chi connectivity index (χ1v) is 41.2. The van der Waals surface area contributed by atoms with Crippen LogP contribution >= 0.6 is 15.6 Å². The van der Waals surface area contributed by atoms with Gasteiger partial charge in [-0.3, -0.25) is 37.3 Å². The van der Waals surface area contributed by atoms with Crippen LogP contribution < -0.4 is 0 Å². The van der Waals surface area contributed by atoms with Crippen LogP contribution in [0.25, 0.3) is 0 Å². The van der Waals surface area contributed by atoms with Gasteiger partial charge >= 0.3 is 39.5 Å². The van der Waals surface area contributed by atoms with Crippen LogP contribution in [0.15, 0.2) is 0 Å². The predicted molar refractivity (Wildman–Crippen MR) is 377 cm³/mol. The van der Waals surface area contributed by atoms with Crippen molar-refractivity contribution in [2.24, 2.45) is 23.7 Å². The number of esters is 4. The van der Waals surface area contributed by atoms with E-state index in [1.165, 1.54) is 167 Å². The average Bonchev–Trinajstić information content (AvgIpc) is 3.30. The third-order valence-electron chi connectivity index (χ3n) is 17.4. The third kappa shape index (κ3) is 67.0. The van der Waals surface area contributed by atoms with Crippen molar-refractivity contribution < 1.29 is 80.2 Å². The van der Waals surface area contributed by atoms with E-state index in [4.69, 9.17) is 37.0 Å². The number of unbranched alkanes of at least 4 members (excludes halogenated alkanes) is 36. The number of hydrogen-bond acceptors (Lipinski definition) is 15. The Labute approximate surface area is 568 Å². The van der Waals surface area contributed by atoms with E-state index in [2.05, 4.69) is 55.4 Å². The molecule has 0 aromatic rings. The van der Waals surface area contributed by atoms with Crippen molar-refractivity contribution in [1.82, 2.24) is 0 Å². The summed E-state index contributed by atoms with van der Waals surface area (Å²) < 4.78 is 68.4. The topological polar surface area (TPSA) is 237 Å². The molecule has 17 nitrogen and oxygen atoms in total. The maximum Gasteiger partial charge on any atom is 0.472 e. The van der Waals surface area contributed by atoms with E-state index in [1.807, 2.05) is 0 Å². The van der Waals surface area contributed by atoms with Crippen LogP contribution in [0.3, 0.4) is 0 Å². The maximum absolute atomic E-state index is 13.1. The van der Waals surface area contributed by atoms with Gasteiger partial charge in [-0.2, -0.15) is 0 Å². The lowest BCUT2D eigenvalue weighted by Gasteiger charge is -2.21. The highest BCUT2D eigenvalue weighted by Crippen LogP contribution is 2.45. The second-order valence-electron chi connectivity index (χ2n) is 28.4. The number of phosphoric acid groups is 2. The second kappa shape index (κ2) is 63.5. The summed E-state index contributed by atoms with van der Waals surface area (Å²) in [7, 11) is -9.91. The summed E-state index contributed by atoms with van der Waals surface area (Å²) in [4.78, 5) is 72.7. The van der Waals surface area contributed by atoms with Gasteiger partial charge in [0.25, 0.3) is 0 Å². The summed E-state index contributed by atoms with van der Waals surface area (Å²) in [6.45, 7) is 14.1. The Kier molecular flexibility index (Phi) is 62.2. The van der Waals surface area contributed by atoms with Crippen LogP contribution in [0.1, 0.15) is 370 Å². The Morgan fingerprint density at radius 1 is 0.301 bits per heavy atom. The summed E-state index contributed by atoms with van der Waals surface area (Å²) in [5, 5.41) is 10.6. The number of carbonyl (C=O) groups excluding carboxylic acids is 4. The Balaban J connectivity index is 5.26. The first-order valence-electron chi connectivity index (χ1n) is 38.2. The number of rotatable bonds is 71. The molecule has 0 saturated heterocycles. The average molecular weight is 1370 g/mol. The molecule has 19 heteroatoms. The normalized spacial score (nSPS) is 14.5. The lowest BCUT2D eigenvalue weighted by Crippen LogP contribution is -2.30. The molecule has 0 aromatic carbocycles. The quantitative estimate of drug-likeness (QED) is 0.0222. The highest BCUT2D eigenvalue weighted by Gasteiger charge is 2.30. The van der Waals surface area contributed by atoms with Crippen LogP contribution in [-0.4, -0.2) is 96.7 Å². The number of hydrogen-bond donors (Lipinski definition) is 3. The monoisotopic (exact) mass is 1370 g/mol. The molecular formula is C74H144O17P2. The van der Waals surface area contributed by atoms with Gasteiger partial charge in [-0.05, 0) is 49.4 Å². The zero-order valence-electron chi connectivity index (χ0n) is 60.9. The molecule has 3 unspecified atom stereocenters. The summed E-state index contributed by atoms with van der Waals surface area (Å²) in [5.74, 6) is 0.909. The fraction of sp³-hybridized carbons (Fsp3) is 0.946. The molecule has 552 valence electrons. The Bertz CT molecular complexity index is 1840. The van der Waals surface area contributed by atoms with Crippen LogP contribution in [-0.2, 0) is 65.4 Å². The minimum absolute atomic E-state index is 0.104. The molecule has 0 aliphatic carbocycles. The van der Waals surface area contributed by atoms with E-state index in [9.17, 15) is 43.2 Å². The molecule has 0 aromatic heterocycles. The molecule has 0 aliphatic rings. The van der Waals surface area contributed by atoms with Crippen molar-refractivity contribution in [3.05, 3.63) is 0 Å². The van der Waals surface area contributed by atoms with Crippen molar-refractivity contribution in [3.8, 4) is 0 Å². The molecule has 0 rings (SSSR count). The molecule has 0 saturated carbocycles. The van der Waals surface area contributed by atoms with Crippen molar-refractivity contribution in [2.45, 2.75) is 388 Å².